The fourth-order valence-electron chi connectivity index (χ4n) is 2.84. The first-order chi connectivity index (χ1) is 14.8. The maximum absolute atomic E-state index is 13.6. The number of carbonyl (C=O) groups is 1. The maximum Gasteiger partial charge on any atom is 0.264 e. The summed E-state index contributed by atoms with van der Waals surface area (Å²) in [4.78, 5) is 12.7. The van der Waals surface area contributed by atoms with Gasteiger partial charge in [-0.3, -0.25) is 9.10 Å². The average molecular weight is 463 g/mol. The van der Waals surface area contributed by atoms with E-state index in [4.69, 9.17) is 16.3 Å². The molecule has 9 heteroatoms. The van der Waals surface area contributed by atoms with E-state index in [1.807, 2.05) is 6.92 Å². The van der Waals surface area contributed by atoms with Gasteiger partial charge in [0.15, 0.2) is 0 Å². The summed E-state index contributed by atoms with van der Waals surface area (Å²) in [6, 6.07) is 17.9. The molecule has 0 radical (unpaired) electrons. The number of benzene rings is 3. The van der Waals surface area contributed by atoms with Gasteiger partial charge >= 0.3 is 0 Å². The second kappa shape index (κ2) is 9.80. The Morgan fingerprint density at radius 2 is 1.81 bits per heavy atom. The number of sulfonamides is 1. The number of amides is 1. The SMILES string of the molecule is CCOc1cccc(NC(=O)CN(c2ccc(F)c(Cl)c2)S(=O)(=O)c2ccccc2)c1. The topological polar surface area (TPSA) is 75.7 Å². The Bertz CT molecular complexity index is 1170. The van der Waals surface area contributed by atoms with Crippen molar-refractivity contribution in [3.8, 4) is 5.75 Å². The molecule has 0 fully saturated rings. The highest BCUT2D eigenvalue weighted by Crippen LogP contribution is 2.28. The normalized spacial score (nSPS) is 11.1. The van der Waals surface area contributed by atoms with Crippen molar-refractivity contribution in [2.45, 2.75) is 11.8 Å². The lowest BCUT2D eigenvalue weighted by atomic mass is 10.3. The molecule has 1 N–H and O–H groups in total. The molecule has 0 aromatic heterocycles. The first kappa shape index (κ1) is 22.6. The van der Waals surface area contributed by atoms with E-state index in [1.54, 1.807) is 42.5 Å². The molecule has 0 unspecified atom stereocenters. The van der Waals surface area contributed by atoms with Crippen LogP contribution in [0.5, 0.6) is 5.75 Å². The second-order valence-corrected chi connectivity index (χ2v) is 8.70. The van der Waals surface area contributed by atoms with Crippen molar-refractivity contribution < 1.29 is 22.3 Å². The van der Waals surface area contributed by atoms with Crippen LogP contribution >= 0.6 is 11.6 Å². The first-order valence-electron chi connectivity index (χ1n) is 9.37. The zero-order valence-corrected chi connectivity index (χ0v) is 18.2. The summed E-state index contributed by atoms with van der Waals surface area (Å²) in [6.45, 7) is 1.76. The molecular formula is C22H20ClFN2O4S. The van der Waals surface area contributed by atoms with Crippen molar-refractivity contribution in [2.24, 2.45) is 0 Å². The van der Waals surface area contributed by atoms with Crippen molar-refractivity contribution >= 4 is 38.9 Å². The van der Waals surface area contributed by atoms with Crippen LogP contribution < -0.4 is 14.4 Å². The third kappa shape index (κ3) is 5.53. The number of nitrogens with one attached hydrogen (secondary N) is 1. The van der Waals surface area contributed by atoms with E-state index in [2.05, 4.69) is 5.32 Å². The van der Waals surface area contributed by atoms with Gasteiger partial charge in [0.1, 0.15) is 18.1 Å². The van der Waals surface area contributed by atoms with Crippen LogP contribution in [-0.2, 0) is 14.8 Å². The Balaban J connectivity index is 1.92. The van der Waals surface area contributed by atoms with Crippen LogP contribution in [0.25, 0.3) is 0 Å². The molecule has 31 heavy (non-hydrogen) atoms. The van der Waals surface area contributed by atoms with Gasteiger partial charge < -0.3 is 10.1 Å². The number of carbonyl (C=O) groups excluding carboxylic acids is 1. The zero-order chi connectivity index (χ0) is 22.4. The Hall–Kier alpha value is -3.10. The van der Waals surface area contributed by atoms with E-state index in [9.17, 15) is 17.6 Å². The fraction of sp³-hybridized carbons (Fsp3) is 0.136. The number of ether oxygens (including phenoxy) is 1. The first-order valence-corrected chi connectivity index (χ1v) is 11.2. The predicted octanol–water partition coefficient (Wildman–Crippen LogP) is 4.71. The minimum absolute atomic E-state index is 0.0124. The Morgan fingerprint density at radius 1 is 1.06 bits per heavy atom. The van der Waals surface area contributed by atoms with E-state index in [1.165, 1.54) is 24.3 Å². The Kier molecular flexibility index (Phi) is 7.14. The number of rotatable bonds is 8. The molecule has 0 saturated heterocycles. The van der Waals surface area contributed by atoms with Crippen LogP contribution in [0.1, 0.15) is 6.92 Å². The van der Waals surface area contributed by atoms with E-state index < -0.39 is 28.3 Å². The van der Waals surface area contributed by atoms with Gasteiger partial charge in [-0.1, -0.05) is 35.9 Å². The molecule has 0 aliphatic carbocycles. The number of hydrogen-bond donors (Lipinski definition) is 1. The molecule has 3 rings (SSSR count). The van der Waals surface area contributed by atoms with Crippen LogP contribution in [0.3, 0.4) is 0 Å². The Labute approximate surface area is 185 Å². The lowest BCUT2D eigenvalue weighted by Gasteiger charge is -2.24. The number of anilines is 2. The van der Waals surface area contributed by atoms with Crippen LogP contribution in [0, 0.1) is 5.82 Å². The van der Waals surface area contributed by atoms with E-state index in [0.29, 0.717) is 18.0 Å². The van der Waals surface area contributed by atoms with Crippen LogP contribution in [0.2, 0.25) is 5.02 Å². The predicted molar refractivity (Wildman–Crippen MR) is 119 cm³/mol. The molecule has 0 aliphatic heterocycles. The molecule has 0 saturated carbocycles. The van der Waals surface area contributed by atoms with Crippen LogP contribution in [-0.4, -0.2) is 27.5 Å². The molecule has 0 aliphatic rings. The third-order valence-electron chi connectivity index (χ3n) is 4.24. The van der Waals surface area contributed by atoms with Gasteiger partial charge in [0.25, 0.3) is 10.0 Å². The minimum Gasteiger partial charge on any atom is -0.494 e. The minimum atomic E-state index is -4.12. The monoisotopic (exact) mass is 462 g/mol. The summed E-state index contributed by atoms with van der Waals surface area (Å²) in [7, 11) is -4.12. The lowest BCUT2D eigenvalue weighted by molar-refractivity contribution is -0.114. The summed E-state index contributed by atoms with van der Waals surface area (Å²) in [5, 5.41) is 2.40. The standard InChI is InChI=1S/C22H20ClFN2O4S/c1-2-30-18-8-6-7-16(13-18)25-22(27)15-26(17-11-12-21(24)20(23)14-17)31(28,29)19-9-4-3-5-10-19/h3-14H,2,15H2,1H3,(H,25,27). The smallest absolute Gasteiger partial charge is 0.264 e. The maximum atomic E-state index is 13.6. The molecule has 162 valence electrons. The van der Waals surface area contributed by atoms with Crippen molar-refractivity contribution in [3.63, 3.8) is 0 Å². The molecule has 0 spiro atoms. The summed E-state index contributed by atoms with van der Waals surface area (Å²) in [6.07, 6.45) is 0. The average Bonchev–Trinajstić information content (AvgIpc) is 2.75. The van der Waals surface area contributed by atoms with Crippen LogP contribution in [0.15, 0.2) is 77.7 Å². The highest BCUT2D eigenvalue weighted by atomic mass is 35.5. The molecular weight excluding hydrogens is 443 g/mol. The summed E-state index contributed by atoms with van der Waals surface area (Å²) in [5.74, 6) is -0.715. The van der Waals surface area contributed by atoms with Crippen molar-refractivity contribution in [3.05, 3.63) is 83.6 Å². The number of halogens is 2. The van der Waals surface area contributed by atoms with Gasteiger partial charge in [0.2, 0.25) is 5.91 Å². The molecule has 1 amide bonds. The van der Waals surface area contributed by atoms with Crippen molar-refractivity contribution in [2.75, 3.05) is 22.8 Å². The van der Waals surface area contributed by atoms with Crippen LogP contribution in [0.4, 0.5) is 15.8 Å². The molecule has 0 bridgehead atoms. The van der Waals surface area contributed by atoms with Gasteiger partial charge in [-0.15, -0.1) is 0 Å². The molecule has 0 atom stereocenters. The number of hydrogen-bond acceptors (Lipinski definition) is 4. The van der Waals surface area contributed by atoms with Gasteiger partial charge in [-0.05, 0) is 49.4 Å². The molecule has 3 aromatic carbocycles. The van der Waals surface area contributed by atoms with Crippen molar-refractivity contribution in [1.29, 1.82) is 0 Å². The van der Waals surface area contributed by atoms with Gasteiger partial charge in [-0.2, -0.15) is 0 Å². The largest absolute Gasteiger partial charge is 0.494 e. The molecule has 0 heterocycles. The molecule has 3 aromatic rings. The fourth-order valence-corrected chi connectivity index (χ4v) is 4.44. The van der Waals surface area contributed by atoms with E-state index >= 15 is 0 Å². The zero-order valence-electron chi connectivity index (χ0n) is 16.6. The Morgan fingerprint density at radius 3 is 2.48 bits per heavy atom. The van der Waals surface area contributed by atoms with Gasteiger partial charge in [0.05, 0.1) is 22.2 Å². The van der Waals surface area contributed by atoms with Gasteiger partial charge in [-0.25, -0.2) is 12.8 Å². The summed E-state index contributed by atoms with van der Waals surface area (Å²) < 4.78 is 46.4. The number of nitrogens with zero attached hydrogens (tertiary/aromatic N) is 1. The molecule has 6 nitrogen and oxygen atoms in total. The third-order valence-corrected chi connectivity index (χ3v) is 6.32. The highest BCUT2D eigenvalue weighted by molar-refractivity contribution is 7.92. The summed E-state index contributed by atoms with van der Waals surface area (Å²) in [5.41, 5.74) is 0.513. The van der Waals surface area contributed by atoms with Gasteiger partial charge in [0, 0.05) is 11.8 Å². The van der Waals surface area contributed by atoms with E-state index in [-0.39, 0.29) is 15.6 Å². The quantitative estimate of drug-likeness (QED) is 0.526. The van der Waals surface area contributed by atoms with E-state index in [0.717, 1.165) is 10.4 Å². The highest BCUT2D eigenvalue weighted by Gasteiger charge is 2.27. The second-order valence-electron chi connectivity index (χ2n) is 6.43. The lowest BCUT2D eigenvalue weighted by Crippen LogP contribution is -2.38. The van der Waals surface area contributed by atoms with Crippen molar-refractivity contribution in [1.82, 2.24) is 0 Å². The summed E-state index contributed by atoms with van der Waals surface area (Å²) >= 11 is 5.86.